The van der Waals surface area contributed by atoms with Crippen LogP contribution in [0.25, 0.3) is 0 Å². The van der Waals surface area contributed by atoms with Gasteiger partial charge in [0.25, 0.3) is 0 Å². The van der Waals surface area contributed by atoms with Crippen LogP contribution in [0.4, 0.5) is 0 Å². The average Bonchev–Trinajstić information content (AvgIpc) is 3.26. The molecule has 0 aliphatic carbocycles. The molecular weight excluding hydrogens is 777 g/mol. The molecule has 0 aliphatic rings. The molecule has 6 heteroatoms. The maximum Gasteiger partial charge on any atom is 0.220 e. The first kappa shape index (κ1) is 61.9. The van der Waals surface area contributed by atoms with Crippen LogP contribution < -0.4 is 10.6 Å². The molecule has 376 valence electrons. The predicted molar refractivity (Wildman–Crippen MR) is 276 cm³/mol. The second kappa shape index (κ2) is 46.0. The van der Waals surface area contributed by atoms with E-state index in [0.29, 0.717) is 19.1 Å². The van der Waals surface area contributed by atoms with Crippen molar-refractivity contribution in [2.24, 2.45) is 5.92 Å². The molecule has 2 N–H and O–H groups in total. The Morgan fingerprint density at radius 3 is 1.03 bits per heavy atom. The van der Waals surface area contributed by atoms with Crippen molar-refractivity contribution in [3.8, 4) is 0 Å². The van der Waals surface area contributed by atoms with E-state index in [2.05, 4.69) is 52.2 Å². The Bertz CT molecular complexity index is 928. The second-order valence-corrected chi connectivity index (χ2v) is 21.2. The first-order valence-corrected chi connectivity index (χ1v) is 28.3. The lowest BCUT2D eigenvalue weighted by atomic mass is 9.93. The Kier molecular flexibility index (Phi) is 45.2. The van der Waals surface area contributed by atoms with Crippen LogP contribution in [-0.4, -0.2) is 49.8 Å². The number of nitrogens with one attached hydrogen (secondary N) is 2. The largest absolute Gasteiger partial charge is 0.379 e. The van der Waals surface area contributed by atoms with Crippen molar-refractivity contribution < 1.29 is 19.1 Å². The van der Waals surface area contributed by atoms with E-state index in [1.807, 2.05) is 0 Å². The number of carbonyl (C=O) groups excluding carboxylic acids is 2. The van der Waals surface area contributed by atoms with Crippen LogP contribution in [-0.2, 0) is 19.1 Å². The zero-order valence-corrected chi connectivity index (χ0v) is 44.0. The molecular formula is C57H114N2O4. The van der Waals surface area contributed by atoms with E-state index in [1.54, 1.807) is 7.11 Å². The number of methoxy groups -OCH3 is 1. The van der Waals surface area contributed by atoms with E-state index >= 15 is 0 Å². The molecule has 0 rings (SSSR count). The monoisotopic (exact) mass is 891 g/mol. The summed E-state index contributed by atoms with van der Waals surface area (Å²) < 4.78 is 11.6. The van der Waals surface area contributed by atoms with Gasteiger partial charge in [0, 0.05) is 33.0 Å². The average molecular weight is 892 g/mol. The fourth-order valence-corrected chi connectivity index (χ4v) is 8.93. The van der Waals surface area contributed by atoms with E-state index in [0.717, 1.165) is 19.4 Å². The van der Waals surface area contributed by atoms with Gasteiger partial charge in [-0.15, -0.1) is 0 Å². The molecule has 0 atom stereocenters. The zero-order chi connectivity index (χ0) is 46.4. The molecule has 0 saturated heterocycles. The highest BCUT2D eigenvalue weighted by atomic mass is 16.5. The van der Waals surface area contributed by atoms with Crippen molar-refractivity contribution >= 4 is 11.8 Å². The van der Waals surface area contributed by atoms with Gasteiger partial charge in [-0.1, -0.05) is 245 Å². The molecule has 2 amide bonds. The first-order chi connectivity index (χ1) is 30.5. The van der Waals surface area contributed by atoms with Gasteiger partial charge in [0.05, 0.1) is 17.8 Å². The fourth-order valence-electron chi connectivity index (χ4n) is 8.93. The van der Waals surface area contributed by atoms with Crippen molar-refractivity contribution in [2.75, 3.05) is 26.8 Å². The van der Waals surface area contributed by atoms with Gasteiger partial charge in [-0.3, -0.25) is 9.59 Å². The van der Waals surface area contributed by atoms with E-state index in [-0.39, 0.29) is 35.9 Å². The number of hydrogen-bond acceptors (Lipinski definition) is 4. The predicted octanol–water partition coefficient (Wildman–Crippen LogP) is 17.5. The Balaban J connectivity index is 4.32. The number of carbonyl (C=O) groups is 2. The van der Waals surface area contributed by atoms with Crippen LogP contribution in [0.1, 0.15) is 311 Å². The smallest absolute Gasteiger partial charge is 0.220 e. The van der Waals surface area contributed by atoms with Gasteiger partial charge in [-0.25, -0.2) is 0 Å². The van der Waals surface area contributed by atoms with Gasteiger partial charge >= 0.3 is 0 Å². The summed E-state index contributed by atoms with van der Waals surface area (Å²) in [7, 11) is 1.73. The lowest BCUT2D eigenvalue weighted by Gasteiger charge is -2.29. The van der Waals surface area contributed by atoms with Gasteiger partial charge < -0.3 is 20.1 Å². The van der Waals surface area contributed by atoms with E-state index in [9.17, 15) is 9.59 Å². The minimum atomic E-state index is -0.332. The van der Waals surface area contributed by atoms with Crippen LogP contribution in [0.5, 0.6) is 0 Å². The third-order valence-corrected chi connectivity index (χ3v) is 13.9. The highest BCUT2D eigenvalue weighted by Crippen LogP contribution is 2.22. The molecule has 0 heterocycles. The van der Waals surface area contributed by atoms with Crippen molar-refractivity contribution in [3.63, 3.8) is 0 Å². The second-order valence-electron chi connectivity index (χ2n) is 21.2. The molecule has 6 nitrogen and oxygen atoms in total. The van der Waals surface area contributed by atoms with Crippen molar-refractivity contribution in [3.05, 3.63) is 0 Å². The molecule has 0 spiro atoms. The zero-order valence-electron chi connectivity index (χ0n) is 44.0. The number of amides is 2. The molecule has 0 radical (unpaired) electrons. The number of hydrogen-bond donors (Lipinski definition) is 2. The van der Waals surface area contributed by atoms with Crippen LogP contribution in [0.3, 0.4) is 0 Å². The van der Waals surface area contributed by atoms with Gasteiger partial charge in [0.2, 0.25) is 11.8 Å². The Labute approximate surface area is 395 Å². The van der Waals surface area contributed by atoms with Crippen LogP contribution in [0.15, 0.2) is 0 Å². The normalized spacial score (nSPS) is 12.1. The highest BCUT2D eigenvalue weighted by molar-refractivity contribution is 5.83. The molecule has 0 bridgehead atoms. The molecule has 0 aliphatic heterocycles. The van der Waals surface area contributed by atoms with Crippen LogP contribution in [0.2, 0.25) is 0 Å². The van der Waals surface area contributed by atoms with Gasteiger partial charge in [0.15, 0.2) is 0 Å². The molecule has 0 saturated carbocycles. The van der Waals surface area contributed by atoms with E-state index < -0.39 is 0 Å². The topological polar surface area (TPSA) is 76.7 Å². The third-order valence-electron chi connectivity index (χ3n) is 13.9. The summed E-state index contributed by atoms with van der Waals surface area (Å²) in [4.78, 5) is 25.5. The van der Waals surface area contributed by atoms with E-state index in [4.69, 9.17) is 9.47 Å². The SMILES string of the molecule is CCCCCCCCCCCCCCCCCCCCC(CCCCCCCCCCCCCCCCCCCC)CNC(=O)CCC(=O)NCCC(C)(C)OCCC(C)(C)OC. The molecule has 0 aromatic rings. The minimum Gasteiger partial charge on any atom is -0.379 e. The lowest BCUT2D eigenvalue weighted by molar-refractivity contribution is -0.126. The lowest BCUT2D eigenvalue weighted by Crippen LogP contribution is -2.35. The fraction of sp³-hybridized carbons (Fsp3) is 0.965. The Morgan fingerprint density at radius 2 is 0.714 bits per heavy atom. The number of ether oxygens (including phenoxy) is 2. The Hall–Kier alpha value is -1.14. The summed E-state index contributed by atoms with van der Waals surface area (Å²) >= 11 is 0. The molecule has 0 aromatic carbocycles. The van der Waals surface area contributed by atoms with Crippen molar-refractivity contribution in [2.45, 2.75) is 322 Å². The molecule has 63 heavy (non-hydrogen) atoms. The molecule has 0 aromatic heterocycles. The summed E-state index contributed by atoms with van der Waals surface area (Å²) in [5.74, 6) is 0.493. The highest BCUT2D eigenvalue weighted by Gasteiger charge is 2.22. The van der Waals surface area contributed by atoms with Gasteiger partial charge in [-0.2, -0.15) is 0 Å². The third kappa shape index (κ3) is 47.2. The standard InChI is InChI=1S/C57H114N2O4/c1-8-10-12-14-16-18-20-22-24-26-28-30-32-34-36-38-40-42-44-53(45-43-41-39-37-35-33-31-29-27-25-23-21-19-17-15-13-11-9-2)52-59-55(61)47-46-54(60)58-50-48-57(5,6)63-51-49-56(3,4)62-7/h53H,8-52H2,1-7H3,(H,58,60)(H,59,61). The summed E-state index contributed by atoms with van der Waals surface area (Å²) in [6.07, 6.45) is 55.0. The van der Waals surface area contributed by atoms with Crippen molar-refractivity contribution in [1.29, 1.82) is 0 Å². The molecule has 0 fully saturated rings. The number of unbranched alkanes of at least 4 members (excludes halogenated alkanes) is 34. The van der Waals surface area contributed by atoms with Crippen LogP contribution >= 0.6 is 0 Å². The summed E-state index contributed by atoms with van der Waals surface area (Å²) in [5, 5.41) is 6.23. The summed E-state index contributed by atoms with van der Waals surface area (Å²) in [6.45, 7) is 14.8. The number of rotatable bonds is 51. The summed E-state index contributed by atoms with van der Waals surface area (Å²) in [6, 6.07) is 0. The Morgan fingerprint density at radius 1 is 0.413 bits per heavy atom. The van der Waals surface area contributed by atoms with Crippen molar-refractivity contribution in [1.82, 2.24) is 10.6 Å². The maximum absolute atomic E-state index is 12.9. The van der Waals surface area contributed by atoms with E-state index in [1.165, 1.54) is 244 Å². The minimum absolute atomic E-state index is 0.00943. The van der Waals surface area contributed by atoms with Gasteiger partial charge in [0.1, 0.15) is 0 Å². The quantitative estimate of drug-likeness (QED) is 0.0597. The molecule has 0 unspecified atom stereocenters. The first-order valence-electron chi connectivity index (χ1n) is 28.3. The van der Waals surface area contributed by atoms with Gasteiger partial charge in [-0.05, 0) is 59.3 Å². The summed E-state index contributed by atoms with van der Waals surface area (Å²) in [5.41, 5.74) is -0.539. The maximum atomic E-state index is 12.9. The van der Waals surface area contributed by atoms with Crippen LogP contribution in [0, 0.1) is 5.92 Å².